The van der Waals surface area contributed by atoms with E-state index in [1.807, 2.05) is 18.2 Å². The highest BCUT2D eigenvalue weighted by Crippen LogP contribution is 2.17. The van der Waals surface area contributed by atoms with Crippen LogP contribution in [0.2, 0.25) is 0 Å². The van der Waals surface area contributed by atoms with E-state index in [0.717, 1.165) is 18.5 Å². The minimum absolute atomic E-state index is 0.0939. The maximum atomic E-state index is 11.7. The predicted octanol–water partition coefficient (Wildman–Crippen LogP) is 1.72. The van der Waals surface area contributed by atoms with Gasteiger partial charge in [0.2, 0.25) is 5.91 Å². The molecule has 0 spiro atoms. The molecule has 1 heterocycles. The lowest BCUT2D eigenvalue weighted by Gasteiger charge is -2.22. The first kappa shape index (κ1) is 16.3. The summed E-state index contributed by atoms with van der Waals surface area (Å²) in [6.45, 7) is 0.751. The predicted molar refractivity (Wildman–Crippen MR) is 84.1 cm³/mol. The number of pyridine rings is 1. The fraction of sp³-hybridized carbons (Fsp3) is 0.562. The number of carbonyl (C=O) groups excluding carboxylic acids is 2. The van der Waals surface area contributed by atoms with Crippen molar-refractivity contribution in [2.45, 2.75) is 51.1 Å². The first-order chi connectivity index (χ1) is 10.7. The average molecular weight is 304 g/mol. The van der Waals surface area contributed by atoms with E-state index >= 15 is 0 Å². The van der Waals surface area contributed by atoms with Crippen molar-refractivity contribution >= 4 is 11.9 Å². The molecule has 0 bridgehead atoms. The Balaban J connectivity index is 1.55. The number of urea groups is 1. The van der Waals surface area contributed by atoms with E-state index in [9.17, 15) is 9.59 Å². The molecule has 6 nitrogen and oxygen atoms in total. The molecule has 2 rings (SSSR count). The van der Waals surface area contributed by atoms with Crippen LogP contribution in [0.25, 0.3) is 0 Å². The molecule has 22 heavy (non-hydrogen) atoms. The molecule has 120 valence electrons. The van der Waals surface area contributed by atoms with Gasteiger partial charge in [-0.2, -0.15) is 0 Å². The molecule has 0 radical (unpaired) electrons. The van der Waals surface area contributed by atoms with Crippen LogP contribution < -0.4 is 16.0 Å². The standard InChI is InChI=1S/C16H24N4O2/c21-15(19-12-14-8-4-5-10-17-14)9-11-18-16(22)20-13-6-2-1-3-7-13/h4-5,8,10,13H,1-3,6-7,9,11-12H2,(H,19,21)(H2,18,20,22). The van der Waals surface area contributed by atoms with Gasteiger partial charge in [0, 0.05) is 25.2 Å². The maximum absolute atomic E-state index is 11.7. The van der Waals surface area contributed by atoms with E-state index < -0.39 is 0 Å². The largest absolute Gasteiger partial charge is 0.350 e. The average Bonchev–Trinajstić information content (AvgIpc) is 2.55. The van der Waals surface area contributed by atoms with Gasteiger partial charge < -0.3 is 16.0 Å². The van der Waals surface area contributed by atoms with Crippen LogP contribution in [0.15, 0.2) is 24.4 Å². The lowest BCUT2D eigenvalue weighted by atomic mass is 9.96. The monoisotopic (exact) mass is 304 g/mol. The highest BCUT2D eigenvalue weighted by Gasteiger charge is 2.15. The van der Waals surface area contributed by atoms with Gasteiger partial charge in [0.05, 0.1) is 12.2 Å². The highest BCUT2D eigenvalue weighted by molar-refractivity contribution is 5.78. The Morgan fingerprint density at radius 2 is 1.95 bits per heavy atom. The van der Waals surface area contributed by atoms with Gasteiger partial charge in [-0.25, -0.2) is 4.79 Å². The summed E-state index contributed by atoms with van der Waals surface area (Å²) >= 11 is 0. The third-order valence-corrected chi connectivity index (χ3v) is 3.77. The van der Waals surface area contributed by atoms with Gasteiger partial charge in [0.15, 0.2) is 0 Å². The molecule has 0 saturated heterocycles. The summed E-state index contributed by atoms with van der Waals surface area (Å²) in [5.41, 5.74) is 0.818. The van der Waals surface area contributed by atoms with Crippen LogP contribution in [0.4, 0.5) is 4.79 Å². The fourth-order valence-electron chi connectivity index (χ4n) is 2.55. The van der Waals surface area contributed by atoms with Crippen LogP contribution in [0.1, 0.15) is 44.2 Å². The van der Waals surface area contributed by atoms with Gasteiger partial charge in [0.25, 0.3) is 0 Å². The van der Waals surface area contributed by atoms with Crippen molar-refractivity contribution < 1.29 is 9.59 Å². The second-order valence-electron chi connectivity index (χ2n) is 5.58. The van der Waals surface area contributed by atoms with Gasteiger partial charge in [-0.3, -0.25) is 9.78 Å². The lowest BCUT2D eigenvalue weighted by molar-refractivity contribution is -0.121. The quantitative estimate of drug-likeness (QED) is 0.748. The number of carbonyl (C=O) groups is 2. The number of nitrogens with one attached hydrogen (secondary N) is 3. The Bertz CT molecular complexity index is 472. The lowest BCUT2D eigenvalue weighted by Crippen LogP contribution is -2.43. The van der Waals surface area contributed by atoms with Crippen molar-refractivity contribution in [1.29, 1.82) is 0 Å². The smallest absolute Gasteiger partial charge is 0.315 e. The zero-order valence-corrected chi connectivity index (χ0v) is 12.8. The van der Waals surface area contributed by atoms with E-state index in [-0.39, 0.29) is 24.4 Å². The molecular weight excluding hydrogens is 280 g/mol. The van der Waals surface area contributed by atoms with E-state index in [1.54, 1.807) is 6.20 Å². The molecule has 0 aliphatic heterocycles. The SMILES string of the molecule is O=C(CCNC(=O)NC1CCCCC1)NCc1ccccn1. The Morgan fingerprint density at radius 1 is 1.14 bits per heavy atom. The summed E-state index contributed by atoms with van der Waals surface area (Å²) in [6.07, 6.45) is 7.69. The molecule has 3 amide bonds. The molecule has 0 aromatic carbocycles. The third-order valence-electron chi connectivity index (χ3n) is 3.77. The summed E-state index contributed by atoms with van der Waals surface area (Å²) in [5.74, 6) is -0.0939. The van der Waals surface area contributed by atoms with Gasteiger partial charge in [0.1, 0.15) is 0 Å². The minimum atomic E-state index is -0.176. The van der Waals surface area contributed by atoms with Crippen LogP contribution in [0.3, 0.4) is 0 Å². The normalized spacial score (nSPS) is 15.1. The molecule has 1 aliphatic carbocycles. The number of amides is 3. The third kappa shape index (κ3) is 6.11. The Morgan fingerprint density at radius 3 is 2.68 bits per heavy atom. The van der Waals surface area contributed by atoms with Crippen LogP contribution in [0, 0.1) is 0 Å². The summed E-state index contributed by atoms with van der Waals surface area (Å²) in [4.78, 5) is 27.5. The van der Waals surface area contributed by atoms with E-state index in [1.165, 1.54) is 19.3 Å². The maximum Gasteiger partial charge on any atom is 0.315 e. The van der Waals surface area contributed by atoms with E-state index in [0.29, 0.717) is 13.1 Å². The Kier molecular flexibility index (Phi) is 6.67. The highest BCUT2D eigenvalue weighted by atomic mass is 16.2. The molecule has 0 unspecified atom stereocenters. The molecule has 1 fully saturated rings. The zero-order chi connectivity index (χ0) is 15.6. The van der Waals surface area contributed by atoms with Crippen molar-refractivity contribution in [3.8, 4) is 0 Å². The van der Waals surface area contributed by atoms with Gasteiger partial charge in [-0.05, 0) is 25.0 Å². The summed E-state index contributed by atoms with van der Waals surface area (Å²) < 4.78 is 0. The fourth-order valence-corrected chi connectivity index (χ4v) is 2.55. The Hall–Kier alpha value is -2.11. The first-order valence-electron chi connectivity index (χ1n) is 7.95. The van der Waals surface area contributed by atoms with Crippen molar-refractivity contribution in [3.63, 3.8) is 0 Å². The number of rotatable bonds is 6. The van der Waals surface area contributed by atoms with Crippen molar-refractivity contribution in [2.75, 3.05) is 6.54 Å². The topological polar surface area (TPSA) is 83.1 Å². The molecule has 0 atom stereocenters. The molecular formula is C16H24N4O2. The van der Waals surface area contributed by atoms with Crippen LogP contribution in [0.5, 0.6) is 0 Å². The summed E-state index contributed by atoms with van der Waals surface area (Å²) in [7, 11) is 0. The van der Waals surface area contributed by atoms with Crippen LogP contribution in [-0.4, -0.2) is 29.5 Å². The Labute approximate surface area is 131 Å². The van der Waals surface area contributed by atoms with E-state index in [2.05, 4.69) is 20.9 Å². The molecule has 3 N–H and O–H groups in total. The minimum Gasteiger partial charge on any atom is -0.350 e. The molecule has 6 heteroatoms. The second kappa shape index (κ2) is 9.02. The van der Waals surface area contributed by atoms with Gasteiger partial charge >= 0.3 is 6.03 Å². The van der Waals surface area contributed by atoms with Gasteiger partial charge in [-0.1, -0.05) is 25.3 Å². The zero-order valence-electron chi connectivity index (χ0n) is 12.8. The first-order valence-corrected chi connectivity index (χ1v) is 7.95. The molecule has 1 aliphatic rings. The molecule has 1 saturated carbocycles. The second-order valence-corrected chi connectivity index (χ2v) is 5.58. The van der Waals surface area contributed by atoms with Crippen molar-refractivity contribution in [1.82, 2.24) is 20.9 Å². The molecule has 1 aromatic rings. The van der Waals surface area contributed by atoms with Crippen molar-refractivity contribution in [2.24, 2.45) is 0 Å². The number of hydrogen-bond acceptors (Lipinski definition) is 3. The van der Waals surface area contributed by atoms with Crippen LogP contribution >= 0.6 is 0 Å². The number of nitrogens with zero attached hydrogens (tertiary/aromatic N) is 1. The van der Waals surface area contributed by atoms with Crippen LogP contribution in [-0.2, 0) is 11.3 Å². The number of aromatic nitrogens is 1. The summed E-state index contributed by atoms with van der Waals surface area (Å²) in [6, 6.07) is 5.68. The van der Waals surface area contributed by atoms with Gasteiger partial charge in [-0.15, -0.1) is 0 Å². The number of hydrogen-bond donors (Lipinski definition) is 3. The molecule has 1 aromatic heterocycles. The van der Waals surface area contributed by atoms with Crippen molar-refractivity contribution in [3.05, 3.63) is 30.1 Å². The van der Waals surface area contributed by atoms with E-state index in [4.69, 9.17) is 0 Å². The summed E-state index contributed by atoms with van der Waals surface area (Å²) in [5, 5.41) is 8.47.